The lowest BCUT2D eigenvalue weighted by Crippen LogP contribution is -2.22. The van der Waals surface area contributed by atoms with E-state index in [1.54, 1.807) is 0 Å². The molecule has 0 amide bonds. The number of nitrogens with zero attached hydrogens (tertiary/aromatic N) is 1. The Bertz CT molecular complexity index is 359. The van der Waals surface area contributed by atoms with Crippen molar-refractivity contribution in [2.45, 2.75) is 26.2 Å². The Hall–Kier alpha value is -0.730. The fourth-order valence-corrected chi connectivity index (χ4v) is 2.51. The number of likely N-dealkylation sites (tertiary alicyclic amines) is 1. The van der Waals surface area contributed by atoms with Crippen molar-refractivity contribution in [1.29, 1.82) is 0 Å². The molecule has 1 N–H and O–H groups in total. The van der Waals surface area contributed by atoms with Gasteiger partial charge in [0.2, 0.25) is 0 Å². The van der Waals surface area contributed by atoms with Crippen molar-refractivity contribution in [3.05, 3.63) is 28.8 Å². The van der Waals surface area contributed by atoms with Gasteiger partial charge in [0.1, 0.15) is 0 Å². The van der Waals surface area contributed by atoms with E-state index in [4.69, 9.17) is 11.6 Å². The average Bonchev–Trinajstić information content (AvgIpc) is 2.83. The quantitative estimate of drug-likeness (QED) is 0.807. The van der Waals surface area contributed by atoms with Gasteiger partial charge in [-0.3, -0.25) is 0 Å². The van der Waals surface area contributed by atoms with E-state index in [2.05, 4.69) is 23.2 Å². The van der Waals surface area contributed by atoms with Gasteiger partial charge in [-0.25, -0.2) is 0 Å². The molecule has 0 radical (unpaired) electrons. The van der Waals surface area contributed by atoms with Crippen LogP contribution in [0.5, 0.6) is 0 Å². The Labute approximate surface area is 109 Å². The monoisotopic (exact) mass is 252 g/mol. The second-order valence-corrected chi connectivity index (χ2v) is 5.15. The first-order valence-corrected chi connectivity index (χ1v) is 6.86. The Morgan fingerprint density at radius 1 is 1.29 bits per heavy atom. The zero-order chi connectivity index (χ0) is 12.1. The zero-order valence-electron chi connectivity index (χ0n) is 10.5. The molecule has 1 fully saturated rings. The standard InChI is InChI=1S/C14H21ClN2/c1-12-13(15)6-4-7-14(12)16-8-5-11-17-9-2-3-10-17/h4,6-7,16H,2-3,5,8-11H2,1H3. The summed E-state index contributed by atoms with van der Waals surface area (Å²) in [5.74, 6) is 0. The second-order valence-electron chi connectivity index (χ2n) is 4.74. The third-order valence-electron chi connectivity index (χ3n) is 3.43. The van der Waals surface area contributed by atoms with E-state index in [0.29, 0.717) is 0 Å². The third kappa shape index (κ3) is 3.62. The Balaban J connectivity index is 1.72. The SMILES string of the molecule is Cc1c(Cl)cccc1NCCCN1CCCC1. The van der Waals surface area contributed by atoms with Gasteiger partial charge in [0, 0.05) is 17.3 Å². The molecule has 3 heteroatoms. The zero-order valence-corrected chi connectivity index (χ0v) is 11.3. The molecule has 0 aromatic heterocycles. The normalized spacial score (nSPS) is 16.4. The molecule has 17 heavy (non-hydrogen) atoms. The summed E-state index contributed by atoms with van der Waals surface area (Å²) in [5, 5.41) is 4.31. The number of benzene rings is 1. The minimum atomic E-state index is 0.842. The summed E-state index contributed by atoms with van der Waals surface area (Å²) < 4.78 is 0. The molecule has 0 aliphatic carbocycles. The van der Waals surface area contributed by atoms with Crippen LogP contribution in [0, 0.1) is 6.92 Å². The lowest BCUT2D eigenvalue weighted by atomic mass is 10.2. The van der Waals surface area contributed by atoms with Crippen molar-refractivity contribution in [2.24, 2.45) is 0 Å². The highest BCUT2D eigenvalue weighted by Gasteiger charge is 2.10. The molecule has 0 spiro atoms. The molecule has 0 bridgehead atoms. The van der Waals surface area contributed by atoms with Crippen molar-refractivity contribution >= 4 is 17.3 Å². The number of nitrogens with one attached hydrogen (secondary N) is 1. The molecule has 0 saturated carbocycles. The highest BCUT2D eigenvalue weighted by Crippen LogP contribution is 2.22. The molecular formula is C14H21ClN2. The van der Waals surface area contributed by atoms with Crippen LogP contribution < -0.4 is 5.32 Å². The molecule has 1 aliphatic rings. The topological polar surface area (TPSA) is 15.3 Å². The smallest absolute Gasteiger partial charge is 0.0455 e. The fourth-order valence-electron chi connectivity index (χ4n) is 2.33. The molecule has 1 aromatic rings. The van der Waals surface area contributed by atoms with Crippen molar-refractivity contribution < 1.29 is 0 Å². The van der Waals surface area contributed by atoms with Crippen molar-refractivity contribution in [2.75, 3.05) is 31.5 Å². The molecule has 2 rings (SSSR count). The van der Waals surface area contributed by atoms with Gasteiger partial charge < -0.3 is 10.2 Å². The summed E-state index contributed by atoms with van der Waals surface area (Å²) in [5.41, 5.74) is 2.31. The van der Waals surface area contributed by atoms with Crippen LogP contribution >= 0.6 is 11.6 Å². The lowest BCUT2D eigenvalue weighted by molar-refractivity contribution is 0.337. The van der Waals surface area contributed by atoms with Crippen LogP contribution in [0.3, 0.4) is 0 Å². The van der Waals surface area contributed by atoms with Crippen molar-refractivity contribution in [1.82, 2.24) is 4.90 Å². The van der Waals surface area contributed by atoms with Crippen LogP contribution in [-0.2, 0) is 0 Å². The van der Waals surface area contributed by atoms with Crippen LogP contribution in [0.15, 0.2) is 18.2 Å². The van der Waals surface area contributed by atoms with Gasteiger partial charge in [-0.05, 0) is 63.5 Å². The van der Waals surface area contributed by atoms with Gasteiger partial charge in [-0.15, -0.1) is 0 Å². The number of anilines is 1. The number of hydrogen-bond acceptors (Lipinski definition) is 2. The van der Waals surface area contributed by atoms with Gasteiger partial charge in [0.15, 0.2) is 0 Å². The summed E-state index contributed by atoms with van der Waals surface area (Å²) in [4.78, 5) is 2.55. The number of rotatable bonds is 5. The molecule has 1 aliphatic heterocycles. The molecule has 0 unspecified atom stereocenters. The highest BCUT2D eigenvalue weighted by atomic mass is 35.5. The third-order valence-corrected chi connectivity index (χ3v) is 3.84. The lowest BCUT2D eigenvalue weighted by Gasteiger charge is -2.15. The van der Waals surface area contributed by atoms with Crippen LogP contribution in [-0.4, -0.2) is 31.1 Å². The van der Waals surface area contributed by atoms with E-state index in [0.717, 1.165) is 17.1 Å². The molecule has 94 valence electrons. The van der Waals surface area contributed by atoms with Crippen LogP contribution in [0.1, 0.15) is 24.8 Å². The summed E-state index contributed by atoms with van der Waals surface area (Å²) in [6, 6.07) is 6.03. The Morgan fingerprint density at radius 3 is 2.82 bits per heavy atom. The van der Waals surface area contributed by atoms with Crippen molar-refractivity contribution in [3.63, 3.8) is 0 Å². The van der Waals surface area contributed by atoms with Crippen LogP contribution in [0.2, 0.25) is 5.02 Å². The highest BCUT2D eigenvalue weighted by molar-refractivity contribution is 6.31. The van der Waals surface area contributed by atoms with E-state index >= 15 is 0 Å². The predicted octanol–water partition coefficient (Wildman–Crippen LogP) is 3.55. The summed E-state index contributed by atoms with van der Waals surface area (Å²) in [6.07, 6.45) is 3.95. The maximum Gasteiger partial charge on any atom is 0.0455 e. The predicted molar refractivity (Wildman–Crippen MR) is 75.0 cm³/mol. The maximum absolute atomic E-state index is 6.08. The van der Waals surface area contributed by atoms with Crippen LogP contribution in [0.4, 0.5) is 5.69 Å². The minimum Gasteiger partial charge on any atom is -0.385 e. The Morgan fingerprint density at radius 2 is 2.06 bits per heavy atom. The molecular weight excluding hydrogens is 232 g/mol. The average molecular weight is 253 g/mol. The van der Waals surface area contributed by atoms with Crippen molar-refractivity contribution in [3.8, 4) is 0 Å². The largest absolute Gasteiger partial charge is 0.385 e. The Kier molecular flexibility index (Phi) is 4.69. The van der Waals surface area contributed by atoms with Gasteiger partial charge >= 0.3 is 0 Å². The van der Waals surface area contributed by atoms with Gasteiger partial charge in [0.25, 0.3) is 0 Å². The molecule has 2 nitrogen and oxygen atoms in total. The summed E-state index contributed by atoms with van der Waals surface area (Å²) in [6.45, 7) is 6.88. The maximum atomic E-state index is 6.08. The molecule has 1 aromatic carbocycles. The van der Waals surface area contributed by atoms with E-state index in [1.807, 2.05) is 12.1 Å². The number of halogens is 1. The number of hydrogen-bond donors (Lipinski definition) is 1. The first kappa shape index (κ1) is 12.7. The van der Waals surface area contributed by atoms with E-state index in [-0.39, 0.29) is 0 Å². The van der Waals surface area contributed by atoms with Gasteiger partial charge in [-0.2, -0.15) is 0 Å². The second kappa shape index (κ2) is 6.27. The van der Waals surface area contributed by atoms with E-state index in [9.17, 15) is 0 Å². The first-order valence-electron chi connectivity index (χ1n) is 6.49. The fraction of sp³-hybridized carbons (Fsp3) is 0.571. The molecule has 1 heterocycles. The summed E-state index contributed by atoms with van der Waals surface area (Å²) in [7, 11) is 0. The van der Waals surface area contributed by atoms with Gasteiger partial charge in [0.05, 0.1) is 0 Å². The van der Waals surface area contributed by atoms with E-state index < -0.39 is 0 Å². The first-order chi connectivity index (χ1) is 8.27. The molecule has 1 saturated heterocycles. The van der Waals surface area contributed by atoms with Gasteiger partial charge in [-0.1, -0.05) is 17.7 Å². The summed E-state index contributed by atoms with van der Waals surface area (Å²) >= 11 is 6.08. The molecule has 0 atom stereocenters. The van der Waals surface area contributed by atoms with Crippen LogP contribution in [0.25, 0.3) is 0 Å². The van der Waals surface area contributed by atoms with E-state index in [1.165, 1.54) is 44.6 Å². The minimum absolute atomic E-state index is 0.842.